The lowest BCUT2D eigenvalue weighted by Gasteiger charge is -2.27. The van der Waals surface area contributed by atoms with Gasteiger partial charge in [-0.25, -0.2) is 14.1 Å². The number of rotatable bonds is 4. The first kappa shape index (κ1) is 23.1. The number of para-hydroxylation sites is 1. The molecule has 0 atom stereocenters. The summed E-state index contributed by atoms with van der Waals surface area (Å²) >= 11 is 0. The predicted octanol–water partition coefficient (Wildman–Crippen LogP) is 5.60. The van der Waals surface area contributed by atoms with Crippen molar-refractivity contribution in [3.63, 3.8) is 0 Å². The molecule has 1 aliphatic heterocycles. The van der Waals surface area contributed by atoms with Crippen LogP contribution in [0.15, 0.2) is 72.8 Å². The van der Waals surface area contributed by atoms with E-state index in [0.29, 0.717) is 22.5 Å². The Hall–Kier alpha value is -4.11. The Bertz CT molecular complexity index is 1220. The third-order valence-electron chi connectivity index (χ3n) is 5.79. The molecule has 1 heterocycles. The number of hydrogen-bond acceptors (Lipinski definition) is 2. The van der Waals surface area contributed by atoms with Gasteiger partial charge in [0.1, 0.15) is 5.82 Å². The van der Waals surface area contributed by atoms with Crippen molar-refractivity contribution in [2.24, 2.45) is 0 Å². The zero-order valence-corrected chi connectivity index (χ0v) is 18.7. The molecule has 5 nitrogen and oxygen atoms in total. The first-order valence-electron chi connectivity index (χ1n) is 11.3. The third-order valence-corrected chi connectivity index (χ3v) is 5.79. The fraction of sp³-hybridized carbons (Fsp3) is 0.214. The number of benzene rings is 3. The minimum absolute atomic E-state index is 0.0374. The lowest BCUT2D eigenvalue weighted by molar-refractivity contribution is -0.131. The summed E-state index contributed by atoms with van der Waals surface area (Å²) < 4.78 is 13.3. The number of anilines is 2. The smallest absolute Gasteiger partial charge is 0.416 e. The normalized spacial score (nSPS) is 13.0. The number of carbonyl (C=O) groups excluding carboxylic acids is 1. The number of nitrogens with zero attached hydrogens (tertiary/aromatic N) is 2. The Morgan fingerprint density at radius 3 is 2.26 bits per heavy atom. The highest BCUT2D eigenvalue weighted by molar-refractivity contribution is 5.95. The maximum atomic E-state index is 13.3. The van der Waals surface area contributed by atoms with Crippen molar-refractivity contribution in [2.45, 2.75) is 25.7 Å². The summed E-state index contributed by atoms with van der Waals surface area (Å²) in [7, 11) is 0. The minimum atomic E-state index is -1.12. The van der Waals surface area contributed by atoms with Crippen molar-refractivity contribution >= 4 is 23.4 Å². The molecule has 0 aromatic heterocycles. The second-order valence-electron chi connectivity index (χ2n) is 8.17. The van der Waals surface area contributed by atoms with E-state index in [1.807, 2.05) is 11.0 Å². The molecule has 1 N–H and O–H groups in total. The molecule has 34 heavy (non-hydrogen) atoms. The van der Waals surface area contributed by atoms with Crippen LogP contribution in [0, 0.1) is 17.7 Å². The van der Waals surface area contributed by atoms with Crippen LogP contribution in [0.25, 0.3) is 0 Å². The maximum absolute atomic E-state index is 13.3. The van der Waals surface area contributed by atoms with Crippen molar-refractivity contribution in [3.05, 3.63) is 95.3 Å². The molecule has 6 heteroatoms. The molecule has 0 radical (unpaired) electrons. The number of carbonyl (C=O) groups is 2. The molecule has 0 aliphatic carbocycles. The molecule has 0 spiro atoms. The Balaban J connectivity index is 1.71. The number of likely N-dealkylation sites (tertiary alicyclic amines) is 1. The quantitative estimate of drug-likeness (QED) is 0.520. The standard InChI is InChI=1S/C28H25FN2O3/c29-24-14-10-21(11-15-24)9-12-22-19-26(31(28(33)34)25-7-3-1-4-8-25)16-13-23(22)20-27(32)30-17-5-2-6-18-30/h1,3-4,7-8,10-11,13-16,19H,2,5-6,17-18,20H2,(H,33,34). The average molecular weight is 457 g/mol. The molecule has 4 rings (SSSR count). The van der Waals surface area contributed by atoms with Gasteiger partial charge in [0.2, 0.25) is 5.91 Å². The van der Waals surface area contributed by atoms with E-state index in [-0.39, 0.29) is 18.1 Å². The van der Waals surface area contributed by atoms with Gasteiger partial charge < -0.3 is 10.0 Å². The lowest BCUT2D eigenvalue weighted by Crippen LogP contribution is -2.36. The summed E-state index contributed by atoms with van der Waals surface area (Å²) in [6.07, 6.45) is 2.21. The van der Waals surface area contributed by atoms with E-state index < -0.39 is 6.09 Å². The predicted molar refractivity (Wildman–Crippen MR) is 130 cm³/mol. The van der Waals surface area contributed by atoms with Crippen molar-refractivity contribution < 1.29 is 19.1 Å². The van der Waals surface area contributed by atoms with Crippen LogP contribution in [-0.4, -0.2) is 35.1 Å². The van der Waals surface area contributed by atoms with Gasteiger partial charge in [-0.05, 0) is 73.4 Å². The Morgan fingerprint density at radius 2 is 1.59 bits per heavy atom. The molecule has 3 aromatic carbocycles. The Labute approximate surface area is 198 Å². The fourth-order valence-electron chi connectivity index (χ4n) is 4.01. The summed E-state index contributed by atoms with van der Waals surface area (Å²) in [5, 5.41) is 9.88. The first-order valence-corrected chi connectivity index (χ1v) is 11.3. The van der Waals surface area contributed by atoms with Crippen LogP contribution >= 0.6 is 0 Å². The topological polar surface area (TPSA) is 60.9 Å². The van der Waals surface area contributed by atoms with E-state index in [0.717, 1.165) is 37.9 Å². The molecule has 3 aromatic rings. The number of piperidine rings is 1. The summed E-state index contributed by atoms with van der Waals surface area (Å²) in [4.78, 5) is 28.1. The highest BCUT2D eigenvalue weighted by Gasteiger charge is 2.21. The second-order valence-corrected chi connectivity index (χ2v) is 8.17. The molecular weight excluding hydrogens is 431 g/mol. The number of hydrogen-bond donors (Lipinski definition) is 1. The van der Waals surface area contributed by atoms with Gasteiger partial charge in [-0.3, -0.25) is 4.79 Å². The van der Waals surface area contributed by atoms with Gasteiger partial charge in [-0.2, -0.15) is 0 Å². The van der Waals surface area contributed by atoms with Gasteiger partial charge in [-0.15, -0.1) is 0 Å². The van der Waals surface area contributed by atoms with Crippen LogP contribution in [-0.2, 0) is 11.2 Å². The van der Waals surface area contributed by atoms with E-state index in [4.69, 9.17) is 0 Å². The Kier molecular flexibility index (Phi) is 7.24. The number of halogens is 1. The van der Waals surface area contributed by atoms with E-state index in [9.17, 15) is 19.1 Å². The molecule has 172 valence electrons. The highest BCUT2D eigenvalue weighted by Crippen LogP contribution is 2.28. The van der Waals surface area contributed by atoms with Crippen molar-refractivity contribution in [1.29, 1.82) is 0 Å². The third kappa shape index (κ3) is 5.62. The van der Waals surface area contributed by atoms with Crippen molar-refractivity contribution in [3.8, 4) is 11.8 Å². The largest absolute Gasteiger partial charge is 0.464 e. The molecule has 0 unspecified atom stereocenters. The molecule has 0 bridgehead atoms. The highest BCUT2D eigenvalue weighted by atomic mass is 19.1. The van der Waals surface area contributed by atoms with Gasteiger partial charge in [0.25, 0.3) is 0 Å². The minimum Gasteiger partial charge on any atom is -0.464 e. The van der Waals surface area contributed by atoms with E-state index in [1.165, 1.54) is 17.0 Å². The van der Waals surface area contributed by atoms with E-state index >= 15 is 0 Å². The molecule has 1 fully saturated rings. The molecule has 0 saturated carbocycles. The van der Waals surface area contributed by atoms with Crippen molar-refractivity contribution in [2.75, 3.05) is 18.0 Å². The van der Waals surface area contributed by atoms with Crippen LogP contribution in [0.5, 0.6) is 0 Å². The number of amides is 2. The van der Waals surface area contributed by atoms with Gasteiger partial charge in [0, 0.05) is 24.2 Å². The Morgan fingerprint density at radius 1 is 0.882 bits per heavy atom. The summed E-state index contributed by atoms with van der Waals surface area (Å²) in [5.74, 6) is 5.78. The van der Waals surface area contributed by atoms with Gasteiger partial charge in [0.05, 0.1) is 17.8 Å². The molecular formula is C28H25FN2O3. The second kappa shape index (κ2) is 10.7. The molecule has 2 amide bonds. The molecule has 1 aliphatic rings. The van der Waals surface area contributed by atoms with Crippen molar-refractivity contribution in [1.82, 2.24) is 4.90 Å². The zero-order chi connectivity index (χ0) is 23.9. The fourth-order valence-corrected chi connectivity index (χ4v) is 4.01. The maximum Gasteiger partial charge on any atom is 0.416 e. The van der Waals surface area contributed by atoms with E-state index in [1.54, 1.807) is 54.6 Å². The van der Waals surface area contributed by atoms with Crippen LogP contribution < -0.4 is 4.90 Å². The SMILES string of the molecule is O=C(Cc1ccc(N(C(=O)O)c2ccccc2)cc1C#Cc1ccc(F)cc1)N1CCCCC1. The lowest BCUT2D eigenvalue weighted by atomic mass is 10.0. The van der Waals surface area contributed by atoms with Gasteiger partial charge >= 0.3 is 6.09 Å². The van der Waals surface area contributed by atoms with Gasteiger partial charge in [0.15, 0.2) is 0 Å². The van der Waals surface area contributed by atoms with Crippen LogP contribution in [0.3, 0.4) is 0 Å². The number of carboxylic acid groups (broad SMARTS) is 1. The van der Waals surface area contributed by atoms with Crippen LogP contribution in [0.1, 0.15) is 36.0 Å². The average Bonchev–Trinajstić information content (AvgIpc) is 2.86. The first-order chi connectivity index (χ1) is 16.5. The van der Waals surface area contributed by atoms with E-state index in [2.05, 4.69) is 11.8 Å². The zero-order valence-electron chi connectivity index (χ0n) is 18.7. The summed E-state index contributed by atoms with van der Waals surface area (Å²) in [5.41, 5.74) is 2.85. The summed E-state index contributed by atoms with van der Waals surface area (Å²) in [6.45, 7) is 1.52. The van der Waals surface area contributed by atoms with Crippen LogP contribution in [0.2, 0.25) is 0 Å². The van der Waals surface area contributed by atoms with Crippen LogP contribution in [0.4, 0.5) is 20.6 Å². The monoisotopic (exact) mass is 456 g/mol. The van der Waals surface area contributed by atoms with Gasteiger partial charge in [-0.1, -0.05) is 36.1 Å². The summed E-state index contributed by atoms with van der Waals surface area (Å²) in [6, 6.07) is 19.8. The molecule has 1 saturated heterocycles.